The number of hydrogen-bond donors (Lipinski definition) is 5. The Kier molecular flexibility index (Phi) is 28.8. The Morgan fingerprint density at radius 1 is 0.818 bits per heavy atom. The van der Waals surface area contributed by atoms with Crippen LogP contribution in [0.1, 0.15) is 149 Å². The number of rotatable bonds is 34. The van der Waals surface area contributed by atoms with E-state index in [1.54, 1.807) is 24.3 Å². The number of phosphoric acid groups is 1. The number of nitrogens with one attached hydrogen (secondary N) is 1. The van der Waals surface area contributed by atoms with Crippen LogP contribution in [0.4, 0.5) is 0 Å². The van der Waals surface area contributed by atoms with Gasteiger partial charge >= 0.3 is 0 Å². The van der Waals surface area contributed by atoms with Crippen molar-refractivity contribution in [3.8, 4) is 0 Å². The summed E-state index contributed by atoms with van der Waals surface area (Å²) >= 11 is 0. The van der Waals surface area contributed by atoms with Crippen LogP contribution < -0.4 is 10.2 Å². The van der Waals surface area contributed by atoms with Crippen LogP contribution in [0.15, 0.2) is 36.5 Å². The number of likely N-dealkylation sites (N-methyl/N-ethyl adjacent to an activating group) is 1. The predicted octanol–water partition coefficient (Wildman–Crippen LogP) is 7.27. The molecule has 1 aliphatic carbocycles. The topological polar surface area (TPSA) is 169 Å². The molecule has 0 aliphatic heterocycles. The van der Waals surface area contributed by atoms with Crippen molar-refractivity contribution in [1.82, 2.24) is 5.32 Å². The molecule has 12 heteroatoms. The van der Waals surface area contributed by atoms with Crippen LogP contribution in [0.5, 0.6) is 0 Å². The van der Waals surface area contributed by atoms with Gasteiger partial charge in [-0.2, -0.15) is 0 Å². The zero-order valence-corrected chi connectivity index (χ0v) is 36.1. The smallest absolute Gasteiger partial charge is 0.268 e. The quantitative estimate of drug-likeness (QED) is 0.0195. The highest BCUT2D eigenvalue weighted by molar-refractivity contribution is 7.45. The summed E-state index contributed by atoms with van der Waals surface area (Å²) in [7, 11) is 1.06. The van der Waals surface area contributed by atoms with Gasteiger partial charge in [0.15, 0.2) is 0 Å². The molecule has 0 aromatic heterocycles. The molecule has 11 nitrogen and oxygen atoms in total. The lowest BCUT2D eigenvalue weighted by Gasteiger charge is -2.29. The van der Waals surface area contributed by atoms with Gasteiger partial charge in [0.2, 0.25) is 5.91 Å². The minimum Gasteiger partial charge on any atom is -0.756 e. The minimum atomic E-state index is -4.68. The third-order valence-electron chi connectivity index (χ3n) is 10.4. The highest BCUT2D eigenvalue weighted by atomic mass is 31.2. The van der Waals surface area contributed by atoms with E-state index < -0.39 is 50.8 Å². The Bertz CT molecular complexity index is 1110. The van der Waals surface area contributed by atoms with E-state index in [1.165, 1.54) is 70.6 Å². The second-order valence-electron chi connectivity index (χ2n) is 16.7. The van der Waals surface area contributed by atoms with Gasteiger partial charge in [-0.3, -0.25) is 9.36 Å². The van der Waals surface area contributed by atoms with Crippen molar-refractivity contribution in [2.75, 3.05) is 40.9 Å². The van der Waals surface area contributed by atoms with Crippen molar-refractivity contribution in [3.63, 3.8) is 0 Å². The number of quaternary nitrogens is 1. The second kappa shape index (κ2) is 30.6. The maximum atomic E-state index is 13.0. The number of aliphatic hydroxyl groups excluding tert-OH is 4. The summed E-state index contributed by atoms with van der Waals surface area (Å²) in [6.07, 6.45) is 28.8. The van der Waals surface area contributed by atoms with Crippen LogP contribution in [-0.4, -0.2) is 102 Å². The number of phosphoric ester groups is 1. The third-order valence-corrected chi connectivity index (χ3v) is 11.4. The summed E-state index contributed by atoms with van der Waals surface area (Å²) in [6, 6.07) is -1.03. The average molecular weight is 801 g/mol. The molecule has 1 aliphatic rings. The first-order chi connectivity index (χ1) is 26.2. The summed E-state index contributed by atoms with van der Waals surface area (Å²) < 4.78 is 23.1. The lowest BCUT2D eigenvalue weighted by molar-refractivity contribution is -0.870. The Morgan fingerprint density at radius 3 is 2.00 bits per heavy atom. The first kappa shape index (κ1) is 51.6. The van der Waals surface area contributed by atoms with E-state index in [4.69, 9.17) is 9.05 Å². The highest BCUT2D eigenvalue weighted by Crippen LogP contribution is 2.38. The minimum absolute atomic E-state index is 0.0387. The fourth-order valence-electron chi connectivity index (χ4n) is 6.88. The fourth-order valence-corrected chi connectivity index (χ4v) is 7.61. The van der Waals surface area contributed by atoms with E-state index in [0.717, 1.165) is 38.5 Å². The fraction of sp³-hybridized carbons (Fsp3) is 0.837. The Hall–Kier alpha value is -1.40. The molecule has 0 bridgehead atoms. The van der Waals surface area contributed by atoms with Gasteiger partial charge < -0.3 is 44.2 Å². The van der Waals surface area contributed by atoms with Gasteiger partial charge in [-0.05, 0) is 31.6 Å². The largest absolute Gasteiger partial charge is 0.756 e. The first-order valence-corrected chi connectivity index (χ1v) is 23.1. The molecule has 0 spiro atoms. The standard InChI is InChI=1S/C43H81N2O9P/c1-6-8-10-11-12-13-14-15-16-17-18-19-20-21-23-28-40(47)39(35-54-55(51,52)53-33-32-45(3,4)5)44-43(50)29-25-24-27-37-38(42(49)34-41(37)48)31-30-36(46)26-22-9-7-2/h23-25,28,30-31,36-42,46-49H,6-22,26-27,29,32-35H2,1-5H3,(H-,44,50,51,52)/b25-24-,28-23+,31-30+/t36-,37+,38-,39+,40-,41+,42-/m1/s1. The van der Waals surface area contributed by atoms with Crippen LogP contribution in [0, 0.1) is 11.8 Å². The molecular formula is C43H81N2O9P. The molecule has 5 N–H and O–H groups in total. The Balaban J connectivity index is 2.65. The molecule has 55 heavy (non-hydrogen) atoms. The molecule has 1 rings (SSSR count). The lowest BCUT2D eigenvalue weighted by Crippen LogP contribution is -2.45. The molecule has 0 saturated heterocycles. The maximum Gasteiger partial charge on any atom is 0.268 e. The molecular weight excluding hydrogens is 719 g/mol. The Labute approximate surface area is 334 Å². The second-order valence-corrected chi connectivity index (χ2v) is 18.1. The highest BCUT2D eigenvalue weighted by Gasteiger charge is 2.39. The monoisotopic (exact) mass is 801 g/mol. The van der Waals surface area contributed by atoms with Gasteiger partial charge in [-0.25, -0.2) is 0 Å². The van der Waals surface area contributed by atoms with Crippen molar-refractivity contribution in [2.24, 2.45) is 11.8 Å². The summed E-state index contributed by atoms with van der Waals surface area (Å²) in [5.41, 5.74) is 0. The molecule has 1 fully saturated rings. The number of hydrogen-bond acceptors (Lipinski definition) is 9. The number of unbranched alkanes of at least 4 members (excludes halogenated alkanes) is 15. The van der Waals surface area contributed by atoms with Crippen LogP contribution >= 0.6 is 7.82 Å². The number of aliphatic hydroxyl groups is 4. The number of carbonyl (C=O) groups excluding carboxylic acids is 1. The van der Waals surface area contributed by atoms with Crippen LogP contribution in [0.2, 0.25) is 0 Å². The summed E-state index contributed by atoms with van der Waals surface area (Å²) in [4.78, 5) is 25.5. The van der Waals surface area contributed by atoms with Gasteiger partial charge in [0.1, 0.15) is 13.2 Å². The predicted molar refractivity (Wildman–Crippen MR) is 221 cm³/mol. The molecule has 1 unspecified atom stereocenters. The SMILES string of the molecule is CCCCCCCCCCCCCCC/C=C/[C@@H](O)[C@H](COP(=O)([O-])OCC[N+](C)(C)C)NC(=O)C/C=C\C[C@H]1[C@@H](/C=C/[C@H](O)CCCCC)[C@H](O)C[C@@H]1O. The number of nitrogens with zero attached hydrogens (tertiary/aromatic N) is 1. The number of carbonyl (C=O) groups is 1. The van der Waals surface area contributed by atoms with Crippen molar-refractivity contribution >= 4 is 13.7 Å². The Morgan fingerprint density at radius 2 is 1.40 bits per heavy atom. The molecule has 8 atom stereocenters. The molecule has 0 aromatic carbocycles. The molecule has 322 valence electrons. The van der Waals surface area contributed by atoms with E-state index >= 15 is 0 Å². The van der Waals surface area contributed by atoms with Gasteiger partial charge in [-0.1, -0.05) is 147 Å². The van der Waals surface area contributed by atoms with E-state index in [1.807, 2.05) is 33.3 Å². The maximum absolute atomic E-state index is 13.0. The van der Waals surface area contributed by atoms with Gasteiger partial charge in [0, 0.05) is 18.8 Å². The first-order valence-electron chi connectivity index (χ1n) is 21.6. The van der Waals surface area contributed by atoms with Crippen molar-refractivity contribution in [3.05, 3.63) is 36.5 Å². The van der Waals surface area contributed by atoms with E-state index in [9.17, 15) is 34.7 Å². The van der Waals surface area contributed by atoms with Crippen LogP contribution in [0.3, 0.4) is 0 Å². The lowest BCUT2D eigenvalue weighted by atomic mass is 9.89. The van der Waals surface area contributed by atoms with E-state index in [2.05, 4.69) is 19.2 Å². The summed E-state index contributed by atoms with van der Waals surface area (Å²) in [6.45, 7) is 4.25. The number of allylic oxidation sites excluding steroid dienone is 2. The molecule has 0 heterocycles. The summed E-state index contributed by atoms with van der Waals surface area (Å²) in [5.74, 6) is -1.01. The molecule has 1 saturated carbocycles. The van der Waals surface area contributed by atoms with Crippen LogP contribution in [-0.2, 0) is 18.4 Å². The normalized spacial score (nSPS) is 22.1. The zero-order chi connectivity index (χ0) is 41.0. The van der Waals surface area contributed by atoms with E-state index in [0.29, 0.717) is 23.9 Å². The summed E-state index contributed by atoms with van der Waals surface area (Å²) in [5, 5.41) is 45.1. The molecule has 0 radical (unpaired) electrons. The van der Waals surface area contributed by atoms with Crippen molar-refractivity contribution < 1.29 is 48.2 Å². The molecule has 0 aromatic rings. The van der Waals surface area contributed by atoms with Gasteiger partial charge in [0.05, 0.1) is 58.2 Å². The number of amides is 1. The zero-order valence-electron chi connectivity index (χ0n) is 35.2. The van der Waals surface area contributed by atoms with Gasteiger partial charge in [-0.15, -0.1) is 0 Å². The average Bonchev–Trinajstić information content (AvgIpc) is 3.39. The molecule has 1 amide bonds. The van der Waals surface area contributed by atoms with Crippen LogP contribution in [0.25, 0.3) is 0 Å². The van der Waals surface area contributed by atoms with Crippen molar-refractivity contribution in [2.45, 2.75) is 179 Å². The van der Waals surface area contributed by atoms with E-state index in [-0.39, 0.29) is 31.3 Å². The third kappa shape index (κ3) is 27.0. The van der Waals surface area contributed by atoms with Crippen molar-refractivity contribution in [1.29, 1.82) is 0 Å². The van der Waals surface area contributed by atoms with Gasteiger partial charge in [0.25, 0.3) is 7.82 Å².